The molecule has 0 bridgehead atoms. The summed E-state index contributed by atoms with van der Waals surface area (Å²) in [6.07, 6.45) is 2.17. The van der Waals surface area contributed by atoms with Crippen LogP contribution in [0.1, 0.15) is 36.1 Å². The lowest BCUT2D eigenvalue weighted by atomic mass is 9.99. The van der Waals surface area contributed by atoms with Crippen molar-refractivity contribution in [3.05, 3.63) is 53.2 Å². The van der Waals surface area contributed by atoms with Gasteiger partial charge in [-0.05, 0) is 56.8 Å². The fraction of sp³-hybridized carbons (Fsp3) is 0.484. The Balaban J connectivity index is 1.34. The van der Waals surface area contributed by atoms with Gasteiger partial charge in [0.15, 0.2) is 0 Å². The molecule has 0 radical (unpaired) electrons. The molecule has 10 heteroatoms. The Morgan fingerprint density at radius 3 is 2.68 bits per heavy atom. The molecule has 2 saturated heterocycles. The molecule has 3 aromatic rings. The van der Waals surface area contributed by atoms with Gasteiger partial charge < -0.3 is 29.4 Å². The van der Waals surface area contributed by atoms with Gasteiger partial charge in [-0.3, -0.25) is 0 Å². The number of amides is 1. The smallest absolute Gasteiger partial charge is 0.407 e. The highest BCUT2D eigenvalue weighted by Crippen LogP contribution is 2.36. The van der Waals surface area contributed by atoms with Gasteiger partial charge in [0, 0.05) is 48.9 Å². The first-order valence-corrected chi connectivity index (χ1v) is 14.5. The SMILES string of the molecule is Cc1cccc2cccc(N3CCc4c(nc(OC[C@@H]5CCCN5C)nc4N4CCN(C(=O)O)[C@H](CC#N)C4)C3)c12. The topological polar surface area (TPSA) is 109 Å². The maximum Gasteiger partial charge on any atom is 0.407 e. The zero-order chi connectivity index (χ0) is 28.5. The second kappa shape index (κ2) is 11.4. The lowest BCUT2D eigenvalue weighted by Crippen LogP contribution is -2.55. The van der Waals surface area contributed by atoms with Crippen LogP contribution in [0.4, 0.5) is 16.3 Å². The summed E-state index contributed by atoms with van der Waals surface area (Å²) in [6.45, 7) is 6.46. The molecule has 41 heavy (non-hydrogen) atoms. The lowest BCUT2D eigenvalue weighted by molar-refractivity contribution is 0.119. The molecule has 1 amide bonds. The molecule has 6 rings (SSSR count). The standard InChI is InChI=1S/C31H37N7O3/c1-21-6-3-7-22-8-4-10-27(28(21)22)36-15-12-25-26(19-36)33-30(41-20-24-9-5-14-35(24)2)34-29(25)37-16-17-38(31(39)40)23(18-37)11-13-32/h3-4,6-8,10,23-24H,5,9,11-12,14-20H2,1-2H3,(H,39,40)/t23-,24+/m1/s1. The molecule has 4 heterocycles. The summed E-state index contributed by atoms with van der Waals surface area (Å²) in [7, 11) is 2.13. The zero-order valence-corrected chi connectivity index (χ0v) is 23.8. The van der Waals surface area contributed by atoms with E-state index in [1.165, 1.54) is 26.9 Å². The van der Waals surface area contributed by atoms with Crippen LogP contribution >= 0.6 is 0 Å². The molecule has 0 saturated carbocycles. The molecule has 10 nitrogen and oxygen atoms in total. The van der Waals surface area contributed by atoms with E-state index in [0.29, 0.717) is 44.8 Å². The van der Waals surface area contributed by atoms with Crippen molar-refractivity contribution in [2.24, 2.45) is 0 Å². The van der Waals surface area contributed by atoms with Gasteiger partial charge in [0.25, 0.3) is 0 Å². The Labute approximate surface area is 240 Å². The number of likely N-dealkylation sites (N-methyl/N-ethyl adjacent to an activating group) is 1. The van der Waals surface area contributed by atoms with Gasteiger partial charge in [-0.15, -0.1) is 0 Å². The average Bonchev–Trinajstić information content (AvgIpc) is 3.39. The van der Waals surface area contributed by atoms with Crippen LogP contribution in [0.3, 0.4) is 0 Å². The molecule has 2 aromatic carbocycles. The number of aryl methyl sites for hydroxylation is 1. The molecule has 3 aliphatic rings. The number of nitrogens with zero attached hydrogens (tertiary/aromatic N) is 7. The van der Waals surface area contributed by atoms with E-state index in [1.54, 1.807) is 0 Å². The number of carboxylic acid groups (broad SMARTS) is 1. The predicted octanol–water partition coefficient (Wildman–Crippen LogP) is 4.06. The molecule has 1 N–H and O–H groups in total. The minimum Gasteiger partial charge on any atom is -0.465 e. The van der Waals surface area contributed by atoms with E-state index in [1.807, 2.05) is 0 Å². The molecule has 0 unspecified atom stereocenters. The second-order valence-electron chi connectivity index (χ2n) is 11.4. The van der Waals surface area contributed by atoms with Crippen LogP contribution in [0.15, 0.2) is 36.4 Å². The van der Waals surface area contributed by atoms with E-state index in [4.69, 9.17) is 14.7 Å². The third-order valence-corrected chi connectivity index (χ3v) is 8.89. The lowest BCUT2D eigenvalue weighted by Gasteiger charge is -2.41. The third kappa shape index (κ3) is 5.34. The fourth-order valence-electron chi connectivity index (χ4n) is 6.63. The summed E-state index contributed by atoms with van der Waals surface area (Å²) in [5, 5.41) is 21.6. The van der Waals surface area contributed by atoms with Crippen molar-refractivity contribution in [3.63, 3.8) is 0 Å². The molecule has 214 valence electrons. The number of ether oxygens (including phenoxy) is 1. The number of hydrogen-bond acceptors (Lipinski definition) is 8. The number of nitriles is 1. The van der Waals surface area contributed by atoms with E-state index in [-0.39, 0.29) is 6.42 Å². The highest BCUT2D eigenvalue weighted by atomic mass is 16.5. The van der Waals surface area contributed by atoms with Gasteiger partial charge in [-0.1, -0.05) is 30.3 Å². The van der Waals surface area contributed by atoms with Crippen molar-refractivity contribution in [2.75, 3.05) is 56.2 Å². The number of hydrogen-bond donors (Lipinski definition) is 1. The van der Waals surface area contributed by atoms with Crippen LogP contribution in [0, 0.1) is 18.3 Å². The molecule has 0 spiro atoms. The summed E-state index contributed by atoms with van der Waals surface area (Å²) >= 11 is 0. The van der Waals surface area contributed by atoms with E-state index in [2.05, 4.69) is 71.1 Å². The van der Waals surface area contributed by atoms with Gasteiger partial charge in [-0.2, -0.15) is 15.2 Å². The first kappa shape index (κ1) is 27.1. The Bertz CT molecular complexity index is 1480. The first-order valence-electron chi connectivity index (χ1n) is 14.5. The summed E-state index contributed by atoms with van der Waals surface area (Å²) < 4.78 is 6.26. The van der Waals surface area contributed by atoms with E-state index in [0.717, 1.165) is 49.4 Å². The van der Waals surface area contributed by atoms with Crippen LogP contribution in [-0.4, -0.2) is 89.4 Å². The van der Waals surface area contributed by atoms with Crippen LogP contribution in [0.2, 0.25) is 0 Å². The Kier molecular flexibility index (Phi) is 7.54. The van der Waals surface area contributed by atoms with Gasteiger partial charge >= 0.3 is 12.1 Å². The first-order chi connectivity index (χ1) is 19.9. The van der Waals surface area contributed by atoms with Gasteiger partial charge in [0.05, 0.1) is 30.8 Å². The number of anilines is 2. The molecule has 0 aliphatic carbocycles. The van der Waals surface area contributed by atoms with Gasteiger partial charge in [0.2, 0.25) is 0 Å². The Morgan fingerprint density at radius 1 is 1.10 bits per heavy atom. The van der Waals surface area contributed by atoms with E-state index in [9.17, 15) is 15.2 Å². The highest BCUT2D eigenvalue weighted by molar-refractivity contribution is 5.97. The average molecular weight is 556 g/mol. The zero-order valence-electron chi connectivity index (χ0n) is 23.8. The normalized spacial score (nSPS) is 21.1. The maximum absolute atomic E-state index is 11.8. The van der Waals surface area contributed by atoms with Crippen molar-refractivity contribution in [1.29, 1.82) is 5.26 Å². The van der Waals surface area contributed by atoms with Crippen molar-refractivity contribution in [2.45, 2.75) is 51.2 Å². The highest BCUT2D eigenvalue weighted by Gasteiger charge is 2.34. The van der Waals surface area contributed by atoms with Crippen molar-refractivity contribution < 1.29 is 14.6 Å². The second-order valence-corrected chi connectivity index (χ2v) is 11.4. The molecule has 1 aromatic heterocycles. The number of fused-ring (bicyclic) bond motifs is 2. The van der Waals surface area contributed by atoms with Crippen LogP contribution < -0.4 is 14.5 Å². The molecule has 2 fully saturated rings. The monoisotopic (exact) mass is 555 g/mol. The minimum atomic E-state index is -0.986. The molecule has 2 atom stereocenters. The van der Waals surface area contributed by atoms with Crippen molar-refractivity contribution >= 4 is 28.4 Å². The van der Waals surface area contributed by atoms with Crippen molar-refractivity contribution in [1.82, 2.24) is 19.8 Å². The van der Waals surface area contributed by atoms with Gasteiger partial charge in [-0.25, -0.2) is 4.79 Å². The Hall–Kier alpha value is -4.10. The minimum absolute atomic E-state index is 0.141. The number of piperazine rings is 1. The number of benzene rings is 2. The molecular formula is C31H37N7O3. The van der Waals surface area contributed by atoms with Crippen LogP contribution in [0.25, 0.3) is 10.8 Å². The third-order valence-electron chi connectivity index (χ3n) is 8.89. The van der Waals surface area contributed by atoms with Crippen LogP contribution in [-0.2, 0) is 13.0 Å². The summed E-state index contributed by atoms with van der Waals surface area (Å²) in [4.78, 5) is 29.9. The van der Waals surface area contributed by atoms with Gasteiger partial charge in [0.1, 0.15) is 12.4 Å². The predicted molar refractivity (Wildman–Crippen MR) is 158 cm³/mol. The number of rotatable bonds is 6. The van der Waals surface area contributed by atoms with E-state index >= 15 is 0 Å². The number of aromatic nitrogens is 2. The summed E-state index contributed by atoms with van der Waals surface area (Å²) in [5.41, 5.74) is 4.48. The molecule has 3 aliphatic heterocycles. The fourth-order valence-corrected chi connectivity index (χ4v) is 6.63. The van der Waals surface area contributed by atoms with Crippen LogP contribution in [0.5, 0.6) is 6.01 Å². The largest absolute Gasteiger partial charge is 0.465 e. The molecular weight excluding hydrogens is 518 g/mol. The number of carbonyl (C=O) groups is 1. The number of likely N-dealkylation sites (tertiary alicyclic amines) is 1. The summed E-state index contributed by atoms with van der Waals surface area (Å²) in [6, 6.07) is 15.3. The van der Waals surface area contributed by atoms with E-state index < -0.39 is 12.1 Å². The summed E-state index contributed by atoms with van der Waals surface area (Å²) in [5.74, 6) is 0.812. The Morgan fingerprint density at radius 2 is 1.93 bits per heavy atom. The maximum atomic E-state index is 11.8. The quantitative estimate of drug-likeness (QED) is 0.482. The van der Waals surface area contributed by atoms with Crippen molar-refractivity contribution in [3.8, 4) is 12.1 Å².